The van der Waals surface area contributed by atoms with Crippen LogP contribution in [0.3, 0.4) is 0 Å². The van der Waals surface area contributed by atoms with Crippen LogP contribution in [0, 0.1) is 0 Å². The van der Waals surface area contributed by atoms with Crippen molar-refractivity contribution in [2.75, 3.05) is 23.5 Å². The molecular weight excluding hydrogens is 308 g/mol. The van der Waals surface area contributed by atoms with Crippen molar-refractivity contribution < 1.29 is 0 Å². The van der Waals surface area contributed by atoms with Crippen molar-refractivity contribution in [3.8, 4) is 0 Å². The van der Waals surface area contributed by atoms with Gasteiger partial charge in [0.15, 0.2) is 0 Å². The topological polar surface area (TPSA) is 29.3 Å². The molecule has 0 radical (unpaired) electrons. The first-order valence-electron chi connectivity index (χ1n) is 6.42. The van der Waals surface area contributed by atoms with Crippen LogP contribution in [0.25, 0.3) is 0 Å². The second-order valence-electron chi connectivity index (χ2n) is 5.10. The smallest absolute Gasteiger partial charge is 0.0511 e. The van der Waals surface area contributed by atoms with Crippen molar-refractivity contribution in [1.29, 1.82) is 0 Å². The standard InChI is InChI=1S/C14H21BrN2S/c1-10(16)7-11-3-4-14(13(15)8-11)17(2)12-5-6-18-9-12/h3-4,8,10,12H,5-7,9,16H2,1-2H3. The Hall–Kier alpha value is -0.190. The van der Waals surface area contributed by atoms with Gasteiger partial charge in [0.1, 0.15) is 0 Å². The highest BCUT2D eigenvalue weighted by molar-refractivity contribution is 9.10. The Balaban J connectivity index is 2.13. The maximum absolute atomic E-state index is 5.84. The van der Waals surface area contributed by atoms with Crippen LogP contribution in [0.15, 0.2) is 22.7 Å². The van der Waals surface area contributed by atoms with Crippen molar-refractivity contribution in [2.45, 2.75) is 31.8 Å². The van der Waals surface area contributed by atoms with E-state index in [1.165, 1.54) is 33.7 Å². The van der Waals surface area contributed by atoms with Crippen LogP contribution in [0.2, 0.25) is 0 Å². The summed E-state index contributed by atoms with van der Waals surface area (Å²) in [6.07, 6.45) is 2.22. The highest BCUT2D eigenvalue weighted by Crippen LogP contribution is 2.32. The molecule has 1 aliphatic rings. The molecule has 2 N–H and O–H groups in total. The van der Waals surface area contributed by atoms with E-state index >= 15 is 0 Å². The first-order chi connectivity index (χ1) is 8.58. The van der Waals surface area contributed by atoms with E-state index in [1.54, 1.807) is 0 Å². The maximum atomic E-state index is 5.84. The first-order valence-corrected chi connectivity index (χ1v) is 8.37. The van der Waals surface area contributed by atoms with Crippen LogP contribution in [-0.2, 0) is 6.42 Å². The molecule has 0 aliphatic carbocycles. The summed E-state index contributed by atoms with van der Waals surface area (Å²) in [5.74, 6) is 2.53. The largest absolute Gasteiger partial charge is 0.370 e. The van der Waals surface area contributed by atoms with E-state index < -0.39 is 0 Å². The second kappa shape index (κ2) is 6.31. The summed E-state index contributed by atoms with van der Waals surface area (Å²) >= 11 is 5.74. The molecular formula is C14H21BrN2S. The van der Waals surface area contributed by atoms with Gasteiger partial charge in [-0.05, 0) is 59.1 Å². The average molecular weight is 329 g/mol. The maximum Gasteiger partial charge on any atom is 0.0511 e. The fourth-order valence-electron chi connectivity index (χ4n) is 2.36. The van der Waals surface area contributed by atoms with E-state index in [0.29, 0.717) is 6.04 Å². The monoisotopic (exact) mass is 328 g/mol. The van der Waals surface area contributed by atoms with Crippen LogP contribution in [0.4, 0.5) is 5.69 Å². The summed E-state index contributed by atoms with van der Waals surface area (Å²) in [4.78, 5) is 2.40. The molecule has 0 bridgehead atoms. The summed E-state index contributed by atoms with van der Waals surface area (Å²) in [6, 6.07) is 7.50. The minimum Gasteiger partial charge on any atom is -0.370 e. The molecule has 1 aromatic rings. The van der Waals surface area contributed by atoms with Gasteiger partial charge >= 0.3 is 0 Å². The normalized spacial score (nSPS) is 21.0. The molecule has 0 amide bonds. The highest BCUT2D eigenvalue weighted by Gasteiger charge is 2.21. The summed E-state index contributed by atoms with van der Waals surface area (Å²) in [5.41, 5.74) is 8.43. The van der Waals surface area contributed by atoms with Crippen LogP contribution in [0.1, 0.15) is 18.9 Å². The highest BCUT2D eigenvalue weighted by atomic mass is 79.9. The minimum absolute atomic E-state index is 0.215. The van der Waals surface area contributed by atoms with Crippen molar-refractivity contribution in [1.82, 2.24) is 0 Å². The predicted molar refractivity (Wildman–Crippen MR) is 85.6 cm³/mol. The van der Waals surface area contributed by atoms with Gasteiger partial charge in [0.2, 0.25) is 0 Å². The Bertz CT molecular complexity index is 403. The average Bonchev–Trinajstić information content (AvgIpc) is 2.80. The summed E-state index contributed by atoms with van der Waals surface area (Å²) < 4.78 is 1.18. The number of benzene rings is 1. The van der Waals surface area contributed by atoms with Gasteiger partial charge in [-0.25, -0.2) is 0 Å². The van der Waals surface area contributed by atoms with Gasteiger partial charge in [0.05, 0.1) is 5.69 Å². The number of nitrogens with zero attached hydrogens (tertiary/aromatic N) is 1. The number of thioether (sulfide) groups is 1. The summed E-state index contributed by atoms with van der Waals surface area (Å²) in [6.45, 7) is 2.05. The Morgan fingerprint density at radius 2 is 2.33 bits per heavy atom. The number of halogens is 1. The predicted octanol–water partition coefficient (Wildman–Crippen LogP) is 3.28. The molecule has 0 saturated carbocycles. The molecule has 4 heteroatoms. The van der Waals surface area contributed by atoms with Crippen LogP contribution in [-0.4, -0.2) is 30.6 Å². The quantitative estimate of drug-likeness (QED) is 0.919. The van der Waals surface area contributed by atoms with Crippen molar-refractivity contribution in [3.05, 3.63) is 28.2 Å². The number of rotatable bonds is 4. The number of hydrogen-bond acceptors (Lipinski definition) is 3. The number of nitrogens with two attached hydrogens (primary N) is 1. The zero-order valence-corrected chi connectivity index (χ0v) is 13.4. The van der Waals surface area contributed by atoms with Gasteiger partial charge < -0.3 is 10.6 Å². The third-order valence-corrected chi connectivity index (χ3v) is 5.18. The van der Waals surface area contributed by atoms with E-state index in [-0.39, 0.29) is 6.04 Å². The van der Waals surface area contributed by atoms with Crippen LogP contribution < -0.4 is 10.6 Å². The minimum atomic E-state index is 0.215. The molecule has 100 valence electrons. The van der Waals surface area contributed by atoms with Gasteiger partial charge in [-0.1, -0.05) is 6.07 Å². The van der Waals surface area contributed by atoms with Crippen molar-refractivity contribution >= 4 is 33.4 Å². The lowest BCUT2D eigenvalue weighted by molar-refractivity contribution is 0.698. The van der Waals surface area contributed by atoms with Gasteiger partial charge in [-0.15, -0.1) is 0 Å². The molecule has 1 heterocycles. The van der Waals surface area contributed by atoms with E-state index in [1.807, 2.05) is 18.7 Å². The molecule has 1 aromatic carbocycles. The molecule has 2 unspecified atom stereocenters. The Labute approximate surface area is 122 Å². The first kappa shape index (κ1) is 14.2. The lowest BCUT2D eigenvalue weighted by atomic mass is 10.1. The molecule has 18 heavy (non-hydrogen) atoms. The molecule has 2 rings (SSSR count). The van der Waals surface area contributed by atoms with Gasteiger partial charge in [-0.2, -0.15) is 11.8 Å². The van der Waals surface area contributed by atoms with E-state index in [0.717, 1.165) is 6.42 Å². The van der Waals surface area contributed by atoms with Crippen LogP contribution >= 0.6 is 27.7 Å². The molecule has 0 aromatic heterocycles. The number of hydrogen-bond donors (Lipinski definition) is 1. The Morgan fingerprint density at radius 1 is 1.56 bits per heavy atom. The van der Waals surface area contributed by atoms with Crippen LogP contribution in [0.5, 0.6) is 0 Å². The van der Waals surface area contributed by atoms with E-state index in [4.69, 9.17) is 5.73 Å². The molecule has 1 fully saturated rings. The third-order valence-electron chi connectivity index (χ3n) is 3.40. The summed E-state index contributed by atoms with van der Waals surface area (Å²) in [5, 5.41) is 0. The fraction of sp³-hybridized carbons (Fsp3) is 0.571. The zero-order chi connectivity index (χ0) is 13.1. The lowest BCUT2D eigenvalue weighted by Gasteiger charge is -2.27. The molecule has 2 atom stereocenters. The van der Waals surface area contributed by atoms with E-state index in [9.17, 15) is 0 Å². The lowest BCUT2D eigenvalue weighted by Crippen LogP contribution is -2.31. The SMILES string of the molecule is CC(N)Cc1ccc(N(C)C2CCSC2)c(Br)c1. The summed E-state index contributed by atoms with van der Waals surface area (Å²) in [7, 11) is 2.20. The fourth-order valence-corrected chi connectivity index (χ4v) is 4.33. The van der Waals surface area contributed by atoms with E-state index in [2.05, 4.69) is 46.1 Å². The van der Waals surface area contributed by atoms with Crippen molar-refractivity contribution in [2.24, 2.45) is 5.73 Å². The molecule has 2 nitrogen and oxygen atoms in total. The van der Waals surface area contributed by atoms with Gasteiger partial charge in [0.25, 0.3) is 0 Å². The molecule has 1 aliphatic heterocycles. The number of anilines is 1. The third kappa shape index (κ3) is 3.43. The zero-order valence-electron chi connectivity index (χ0n) is 11.0. The second-order valence-corrected chi connectivity index (χ2v) is 7.10. The van der Waals surface area contributed by atoms with Crippen molar-refractivity contribution in [3.63, 3.8) is 0 Å². The Morgan fingerprint density at radius 3 is 2.89 bits per heavy atom. The molecule has 0 spiro atoms. The van der Waals surface area contributed by atoms with Gasteiger partial charge in [0, 0.05) is 29.4 Å². The van der Waals surface area contributed by atoms with Gasteiger partial charge in [-0.3, -0.25) is 0 Å². The molecule has 1 saturated heterocycles. The Kier molecular flexibility index (Phi) is 4.98.